The lowest BCUT2D eigenvalue weighted by molar-refractivity contribution is 1.39. The number of H-pyrrole nitrogens is 1. The number of para-hydroxylation sites is 1. The zero-order valence-corrected chi connectivity index (χ0v) is 10.1. The molecule has 0 aliphatic heterocycles. The molecule has 0 aliphatic carbocycles. The molecule has 1 aromatic heterocycles. The van der Waals surface area contributed by atoms with Gasteiger partial charge < -0.3 is 4.98 Å². The monoisotopic (exact) mass is 233 g/mol. The zero-order valence-electron chi connectivity index (χ0n) is 10.1. The van der Waals surface area contributed by atoms with Crippen LogP contribution in [0, 0.1) is 0 Å². The second-order valence-corrected chi connectivity index (χ2v) is 4.44. The third-order valence-electron chi connectivity index (χ3n) is 3.15. The minimum absolute atomic E-state index is 0.0770. The number of benzene rings is 2. The van der Waals surface area contributed by atoms with Gasteiger partial charge in [0.15, 0.2) is 5.43 Å². The van der Waals surface area contributed by atoms with Crippen LogP contribution in [0.5, 0.6) is 0 Å². The Labute approximate surface area is 106 Å². The van der Waals surface area contributed by atoms with Crippen LogP contribution in [-0.4, -0.2) is 12.8 Å². The number of nitrogens with one attached hydrogen (secondary N) is 1. The lowest BCUT2D eigenvalue weighted by Crippen LogP contribution is -2.07. The number of aromatic amines is 1. The van der Waals surface area contributed by atoms with Gasteiger partial charge in [0.2, 0.25) is 0 Å². The van der Waals surface area contributed by atoms with E-state index in [1.54, 1.807) is 6.20 Å². The minimum Gasteiger partial charge on any atom is -0.360 e. The molecule has 3 aromatic rings. The van der Waals surface area contributed by atoms with Gasteiger partial charge in [-0.1, -0.05) is 41.9 Å². The molecular formula is C15H12BNO. The summed E-state index contributed by atoms with van der Waals surface area (Å²) in [6.07, 6.45) is 1.79. The van der Waals surface area contributed by atoms with Crippen LogP contribution < -0.4 is 10.9 Å². The van der Waals surface area contributed by atoms with Crippen molar-refractivity contribution in [2.24, 2.45) is 0 Å². The Bertz CT molecular complexity index is 759. The first-order valence-electron chi connectivity index (χ1n) is 5.93. The maximum atomic E-state index is 12.4. The van der Waals surface area contributed by atoms with Gasteiger partial charge in [-0.2, -0.15) is 0 Å². The summed E-state index contributed by atoms with van der Waals surface area (Å²) < 4.78 is 0. The van der Waals surface area contributed by atoms with Crippen LogP contribution in [-0.2, 0) is 0 Å². The van der Waals surface area contributed by atoms with Gasteiger partial charge >= 0.3 is 0 Å². The summed E-state index contributed by atoms with van der Waals surface area (Å²) in [5.74, 6) is 0. The first-order chi connectivity index (χ1) is 8.75. The Balaban J connectivity index is 2.27. The third kappa shape index (κ3) is 1.74. The van der Waals surface area contributed by atoms with Crippen LogP contribution in [0.3, 0.4) is 0 Å². The number of hydrogen-bond donors (Lipinski definition) is 1. The summed E-state index contributed by atoms with van der Waals surface area (Å²) in [5.41, 5.74) is 3.81. The first-order valence-corrected chi connectivity index (χ1v) is 5.93. The molecule has 0 spiro atoms. The van der Waals surface area contributed by atoms with Crippen LogP contribution in [0.25, 0.3) is 22.0 Å². The van der Waals surface area contributed by atoms with Crippen molar-refractivity contribution in [3.8, 4) is 11.1 Å². The maximum Gasteiger partial charge on any atom is 0.197 e. The predicted molar refractivity (Wildman–Crippen MR) is 78.2 cm³/mol. The van der Waals surface area contributed by atoms with Crippen LogP contribution >= 0.6 is 0 Å². The molecule has 0 unspecified atom stereocenters. The van der Waals surface area contributed by atoms with Gasteiger partial charge in [-0.3, -0.25) is 4.79 Å². The Kier molecular flexibility index (Phi) is 2.52. The van der Waals surface area contributed by atoms with Crippen molar-refractivity contribution in [3.05, 3.63) is 65.0 Å². The van der Waals surface area contributed by atoms with Gasteiger partial charge in [0, 0.05) is 22.7 Å². The summed E-state index contributed by atoms with van der Waals surface area (Å²) in [6, 6.07) is 15.6. The van der Waals surface area contributed by atoms with Crippen LogP contribution in [0.15, 0.2) is 59.5 Å². The van der Waals surface area contributed by atoms with E-state index in [1.165, 1.54) is 5.46 Å². The molecule has 1 N–H and O–H groups in total. The second kappa shape index (κ2) is 4.19. The minimum atomic E-state index is 0.0770. The molecule has 0 radical (unpaired) electrons. The topological polar surface area (TPSA) is 32.9 Å². The van der Waals surface area contributed by atoms with E-state index in [1.807, 2.05) is 56.4 Å². The van der Waals surface area contributed by atoms with E-state index in [0.29, 0.717) is 5.56 Å². The number of pyridine rings is 1. The first kappa shape index (κ1) is 10.8. The molecule has 0 fully saturated rings. The Hall–Kier alpha value is -2.29. The highest BCUT2D eigenvalue weighted by molar-refractivity contribution is 6.32. The van der Waals surface area contributed by atoms with Crippen LogP contribution in [0.1, 0.15) is 0 Å². The van der Waals surface area contributed by atoms with E-state index in [9.17, 15) is 4.79 Å². The zero-order chi connectivity index (χ0) is 12.5. The summed E-state index contributed by atoms with van der Waals surface area (Å²) in [5, 5.41) is 0.732. The second-order valence-electron chi connectivity index (χ2n) is 4.44. The smallest absolute Gasteiger partial charge is 0.197 e. The van der Waals surface area contributed by atoms with Crippen molar-refractivity contribution in [2.75, 3.05) is 0 Å². The highest BCUT2D eigenvalue weighted by atomic mass is 16.1. The maximum absolute atomic E-state index is 12.4. The highest BCUT2D eigenvalue weighted by Crippen LogP contribution is 2.16. The van der Waals surface area contributed by atoms with Crippen molar-refractivity contribution in [3.63, 3.8) is 0 Å². The predicted octanol–water partition coefficient (Wildman–Crippen LogP) is 1.45. The Morgan fingerprint density at radius 1 is 0.944 bits per heavy atom. The third-order valence-corrected chi connectivity index (χ3v) is 3.15. The fraction of sp³-hybridized carbons (Fsp3) is 0. The normalized spacial score (nSPS) is 10.7. The van der Waals surface area contributed by atoms with Gasteiger partial charge in [0.25, 0.3) is 0 Å². The quantitative estimate of drug-likeness (QED) is 0.634. The number of fused-ring (bicyclic) bond motifs is 1. The van der Waals surface area contributed by atoms with Crippen molar-refractivity contribution >= 4 is 24.2 Å². The van der Waals surface area contributed by atoms with Crippen LogP contribution in [0.2, 0.25) is 0 Å². The molecule has 0 saturated carbocycles. The summed E-state index contributed by atoms with van der Waals surface area (Å²) in [6.45, 7) is 0. The van der Waals surface area contributed by atoms with Crippen molar-refractivity contribution < 1.29 is 0 Å². The summed E-state index contributed by atoms with van der Waals surface area (Å²) in [4.78, 5) is 15.6. The molecule has 18 heavy (non-hydrogen) atoms. The lowest BCUT2D eigenvalue weighted by atomic mass is 9.94. The van der Waals surface area contributed by atoms with E-state index in [2.05, 4.69) is 4.98 Å². The van der Waals surface area contributed by atoms with Crippen molar-refractivity contribution in [1.82, 2.24) is 4.98 Å². The standard InChI is InChI=1S/C15H12BNO/c16-11-7-5-10(6-8-11)13-9-17-14-4-2-1-3-12(14)15(13)18/h1-9H,16H2,(H,17,18). The van der Waals surface area contributed by atoms with E-state index < -0.39 is 0 Å². The van der Waals surface area contributed by atoms with E-state index in [-0.39, 0.29) is 5.43 Å². The molecule has 86 valence electrons. The molecule has 0 amide bonds. The molecular weight excluding hydrogens is 221 g/mol. The van der Waals surface area contributed by atoms with Crippen molar-refractivity contribution in [1.29, 1.82) is 0 Å². The van der Waals surface area contributed by atoms with Gasteiger partial charge in [0.05, 0.1) is 0 Å². The number of hydrogen-bond acceptors (Lipinski definition) is 1. The molecule has 1 heterocycles. The van der Waals surface area contributed by atoms with Gasteiger partial charge in [-0.25, -0.2) is 0 Å². The van der Waals surface area contributed by atoms with E-state index in [0.717, 1.165) is 16.5 Å². The van der Waals surface area contributed by atoms with E-state index >= 15 is 0 Å². The Morgan fingerprint density at radius 2 is 1.67 bits per heavy atom. The molecule has 3 rings (SSSR count). The average Bonchev–Trinajstić information content (AvgIpc) is 2.41. The van der Waals surface area contributed by atoms with Gasteiger partial charge in [-0.05, 0) is 17.7 Å². The molecule has 2 aromatic carbocycles. The summed E-state index contributed by atoms with van der Waals surface area (Å²) in [7, 11) is 2.04. The summed E-state index contributed by atoms with van der Waals surface area (Å²) >= 11 is 0. The van der Waals surface area contributed by atoms with E-state index in [4.69, 9.17) is 0 Å². The lowest BCUT2D eigenvalue weighted by Gasteiger charge is -2.04. The van der Waals surface area contributed by atoms with Gasteiger partial charge in [-0.15, -0.1) is 0 Å². The molecule has 0 bridgehead atoms. The average molecular weight is 233 g/mol. The fourth-order valence-electron chi connectivity index (χ4n) is 2.12. The van der Waals surface area contributed by atoms with Crippen molar-refractivity contribution in [2.45, 2.75) is 0 Å². The van der Waals surface area contributed by atoms with Gasteiger partial charge in [0.1, 0.15) is 7.85 Å². The molecule has 3 heteroatoms. The fourth-order valence-corrected chi connectivity index (χ4v) is 2.12. The van der Waals surface area contributed by atoms with Crippen LogP contribution in [0.4, 0.5) is 0 Å². The molecule has 0 atom stereocenters. The molecule has 2 nitrogen and oxygen atoms in total. The Morgan fingerprint density at radius 3 is 2.44 bits per heavy atom. The number of aromatic nitrogens is 1. The molecule has 0 saturated heterocycles. The largest absolute Gasteiger partial charge is 0.360 e. The SMILES string of the molecule is Bc1ccc(-c2c[nH]c3ccccc3c2=O)cc1. The molecule has 0 aliphatic rings. The number of rotatable bonds is 1. The highest BCUT2D eigenvalue weighted by Gasteiger charge is 2.06.